The highest BCUT2D eigenvalue weighted by Gasteiger charge is 2.17. The van der Waals surface area contributed by atoms with Gasteiger partial charge in [0.15, 0.2) is 0 Å². The van der Waals surface area contributed by atoms with E-state index in [1.54, 1.807) is 6.08 Å². The highest BCUT2D eigenvalue weighted by Crippen LogP contribution is 2.23. The van der Waals surface area contributed by atoms with Crippen molar-refractivity contribution < 1.29 is 4.79 Å². The first kappa shape index (κ1) is 16.6. The van der Waals surface area contributed by atoms with E-state index in [1.807, 2.05) is 44.2 Å². The molecule has 0 heterocycles. The van der Waals surface area contributed by atoms with Gasteiger partial charge in [0.1, 0.15) is 0 Å². The minimum atomic E-state index is -0.455. The summed E-state index contributed by atoms with van der Waals surface area (Å²) in [5, 5.41) is 0. The van der Waals surface area contributed by atoms with Crippen LogP contribution in [-0.2, 0) is 10.3 Å². The molecule has 18 heavy (non-hydrogen) atoms. The second-order valence-corrected chi connectivity index (χ2v) is 6.04. The van der Waals surface area contributed by atoms with E-state index >= 15 is 0 Å². The Balaban J connectivity index is 0.000000411. The second-order valence-electron chi connectivity index (χ2n) is 6.04. The molecule has 0 aromatic heterocycles. The number of hydrogen-bond donors (Lipinski definition) is 0. The van der Waals surface area contributed by atoms with Gasteiger partial charge in [0, 0.05) is 0 Å². The predicted octanol–water partition coefficient (Wildman–Crippen LogP) is 4.70. The van der Waals surface area contributed by atoms with Crippen molar-refractivity contribution in [2.24, 2.45) is 10.4 Å². The first-order valence-corrected chi connectivity index (χ1v) is 6.37. The molecule has 1 rings (SSSR count). The van der Waals surface area contributed by atoms with Crippen molar-refractivity contribution in [1.29, 1.82) is 0 Å². The molecule has 0 spiro atoms. The second kappa shape index (κ2) is 7.13. The third-order valence-corrected chi connectivity index (χ3v) is 2.87. The van der Waals surface area contributed by atoms with Gasteiger partial charge in [-0.05, 0) is 24.8 Å². The van der Waals surface area contributed by atoms with Gasteiger partial charge in [-0.2, -0.15) is 4.99 Å². The van der Waals surface area contributed by atoms with Crippen LogP contribution in [0.1, 0.15) is 53.5 Å². The molecular formula is C16H25NO. The maximum absolute atomic E-state index is 10.1. The average molecular weight is 247 g/mol. The third kappa shape index (κ3) is 7.03. The molecule has 2 nitrogen and oxygen atoms in total. The van der Waals surface area contributed by atoms with Gasteiger partial charge in [0.25, 0.3) is 0 Å². The molecule has 0 radical (unpaired) electrons. The molecule has 0 aliphatic heterocycles. The Kier molecular flexibility index (Phi) is 6.57. The summed E-state index contributed by atoms with van der Waals surface area (Å²) in [6.45, 7) is 12.7. The molecule has 0 saturated heterocycles. The van der Waals surface area contributed by atoms with Gasteiger partial charge in [0.05, 0.1) is 5.54 Å². The minimum Gasteiger partial charge on any atom is -0.211 e. The number of aliphatic imine (C=N–C) groups is 1. The minimum absolute atomic E-state index is 0.455. The van der Waals surface area contributed by atoms with Crippen LogP contribution >= 0.6 is 0 Å². The highest BCUT2D eigenvalue weighted by atomic mass is 16.1. The van der Waals surface area contributed by atoms with Crippen molar-refractivity contribution in [3.63, 3.8) is 0 Å². The fraction of sp³-hybridized carbons (Fsp3) is 0.562. The van der Waals surface area contributed by atoms with E-state index in [0.717, 1.165) is 5.56 Å². The van der Waals surface area contributed by atoms with Crippen LogP contribution in [0.4, 0.5) is 0 Å². The lowest BCUT2D eigenvalue weighted by Gasteiger charge is -2.16. The van der Waals surface area contributed by atoms with Crippen molar-refractivity contribution >= 4 is 6.08 Å². The van der Waals surface area contributed by atoms with Crippen molar-refractivity contribution in [1.82, 2.24) is 0 Å². The van der Waals surface area contributed by atoms with Gasteiger partial charge < -0.3 is 0 Å². The standard InChI is InChI=1S/C10H11NO.C6H14/c1-10(2,11-8-12)9-6-4-3-5-7-9;1-5-6(2,3)4/h3-7H,1-2H3;5H2,1-4H3. The fourth-order valence-corrected chi connectivity index (χ4v) is 1.02. The summed E-state index contributed by atoms with van der Waals surface area (Å²) in [6.07, 6.45) is 2.85. The van der Waals surface area contributed by atoms with E-state index in [4.69, 9.17) is 0 Å². The lowest BCUT2D eigenvalue weighted by molar-refractivity contribution is 0.398. The van der Waals surface area contributed by atoms with E-state index in [2.05, 4.69) is 32.7 Å². The Morgan fingerprint density at radius 2 is 1.50 bits per heavy atom. The summed E-state index contributed by atoms with van der Waals surface area (Å²) in [7, 11) is 0. The monoisotopic (exact) mass is 247 g/mol. The first-order valence-electron chi connectivity index (χ1n) is 6.37. The average Bonchev–Trinajstić information content (AvgIpc) is 2.30. The zero-order valence-electron chi connectivity index (χ0n) is 12.4. The Morgan fingerprint density at radius 1 is 1.06 bits per heavy atom. The summed E-state index contributed by atoms with van der Waals surface area (Å²) >= 11 is 0. The molecule has 0 amide bonds. The number of hydrogen-bond acceptors (Lipinski definition) is 2. The Labute approximate surface area is 111 Å². The number of rotatable bonds is 2. The zero-order chi connectivity index (χ0) is 14.2. The molecule has 1 aromatic rings. The van der Waals surface area contributed by atoms with Crippen LogP contribution in [0, 0.1) is 5.41 Å². The van der Waals surface area contributed by atoms with E-state index in [0.29, 0.717) is 5.41 Å². The van der Waals surface area contributed by atoms with Crippen molar-refractivity contribution in [2.75, 3.05) is 0 Å². The Bertz CT molecular complexity index is 381. The van der Waals surface area contributed by atoms with Crippen LogP contribution < -0.4 is 0 Å². The van der Waals surface area contributed by atoms with Crippen molar-refractivity contribution in [3.05, 3.63) is 35.9 Å². The Hall–Kier alpha value is -1.40. The van der Waals surface area contributed by atoms with Crippen molar-refractivity contribution in [3.8, 4) is 0 Å². The summed E-state index contributed by atoms with van der Waals surface area (Å²) in [4.78, 5) is 13.8. The molecule has 0 N–H and O–H groups in total. The molecule has 0 saturated carbocycles. The molecule has 0 atom stereocenters. The number of benzene rings is 1. The maximum atomic E-state index is 10.1. The van der Waals surface area contributed by atoms with E-state index in [-0.39, 0.29) is 0 Å². The zero-order valence-corrected chi connectivity index (χ0v) is 12.4. The Morgan fingerprint density at radius 3 is 1.83 bits per heavy atom. The van der Waals surface area contributed by atoms with Crippen LogP contribution in [0.2, 0.25) is 0 Å². The van der Waals surface area contributed by atoms with Crippen LogP contribution in [0.15, 0.2) is 35.3 Å². The van der Waals surface area contributed by atoms with Gasteiger partial charge >= 0.3 is 0 Å². The quantitative estimate of drug-likeness (QED) is 0.550. The van der Waals surface area contributed by atoms with Gasteiger partial charge in [-0.3, -0.25) is 0 Å². The number of carbonyl (C=O) groups excluding carboxylic acids is 1. The summed E-state index contributed by atoms with van der Waals surface area (Å²) in [5.41, 5.74) is 1.11. The lowest BCUT2D eigenvalue weighted by Crippen LogP contribution is -2.12. The molecule has 0 unspecified atom stereocenters. The fourth-order valence-electron chi connectivity index (χ4n) is 1.02. The highest BCUT2D eigenvalue weighted by molar-refractivity contribution is 5.37. The van der Waals surface area contributed by atoms with Crippen molar-refractivity contribution in [2.45, 2.75) is 53.5 Å². The summed E-state index contributed by atoms with van der Waals surface area (Å²) < 4.78 is 0. The first-order chi connectivity index (χ1) is 8.23. The molecule has 0 aliphatic carbocycles. The van der Waals surface area contributed by atoms with Gasteiger partial charge in [-0.25, -0.2) is 4.79 Å². The molecule has 0 fully saturated rings. The molecule has 0 bridgehead atoms. The summed E-state index contributed by atoms with van der Waals surface area (Å²) in [6, 6.07) is 9.68. The van der Waals surface area contributed by atoms with E-state index in [1.165, 1.54) is 6.42 Å². The van der Waals surface area contributed by atoms with Gasteiger partial charge in [-0.1, -0.05) is 64.4 Å². The number of nitrogens with zero attached hydrogens (tertiary/aromatic N) is 1. The van der Waals surface area contributed by atoms with Gasteiger partial charge in [-0.15, -0.1) is 0 Å². The molecule has 100 valence electrons. The van der Waals surface area contributed by atoms with E-state index < -0.39 is 5.54 Å². The molecular weight excluding hydrogens is 222 g/mol. The maximum Gasteiger partial charge on any atom is 0.235 e. The molecule has 0 aliphatic rings. The van der Waals surface area contributed by atoms with Gasteiger partial charge in [0.2, 0.25) is 6.08 Å². The smallest absolute Gasteiger partial charge is 0.211 e. The topological polar surface area (TPSA) is 29.4 Å². The van der Waals surface area contributed by atoms with E-state index in [9.17, 15) is 4.79 Å². The lowest BCUT2D eigenvalue weighted by atomic mass is 9.94. The SMILES string of the molecule is CC(C)(N=C=O)c1ccccc1.CCC(C)(C)C. The van der Waals surface area contributed by atoms with Crippen LogP contribution in [-0.4, -0.2) is 6.08 Å². The van der Waals surface area contributed by atoms with Crippen LogP contribution in [0.5, 0.6) is 0 Å². The van der Waals surface area contributed by atoms with Crippen LogP contribution in [0.25, 0.3) is 0 Å². The third-order valence-electron chi connectivity index (χ3n) is 2.87. The largest absolute Gasteiger partial charge is 0.235 e. The van der Waals surface area contributed by atoms with Crippen LogP contribution in [0.3, 0.4) is 0 Å². The summed E-state index contributed by atoms with van der Waals surface area (Å²) in [5.74, 6) is 0. The predicted molar refractivity (Wildman–Crippen MR) is 77.3 cm³/mol. The molecule has 1 aromatic carbocycles. The normalized spacial score (nSPS) is 11.0. The molecule has 2 heteroatoms. The number of isocyanates is 1.